The van der Waals surface area contributed by atoms with Crippen LogP contribution in [0.2, 0.25) is 0 Å². The number of nitrogens with zero attached hydrogens (tertiary/aromatic N) is 4. The van der Waals surface area contributed by atoms with E-state index in [0.29, 0.717) is 22.5 Å². The Morgan fingerprint density at radius 3 is 2.36 bits per heavy atom. The third-order valence-corrected chi connectivity index (χ3v) is 4.42. The van der Waals surface area contributed by atoms with Crippen molar-refractivity contribution >= 4 is 22.1 Å². The minimum atomic E-state index is -0.0488. The highest BCUT2D eigenvalue weighted by Crippen LogP contribution is 2.30. The quantitative estimate of drug-likeness (QED) is 0.528. The van der Waals surface area contributed by atoms with Crippen molar-refractivity contribution in [1.29, 1.82) is 5.26 Å². The van der Waals surface area contributed by atoms with Crippen molar-refractivity contribution in [3.05, 3.63) is 76.9 Å². The lowest BCUT2D eigenvalue weighted by Crippen LogP contribution is -2.02. The minimum absolute atomic E-state index is 0.0488. The van der Waals surface area contributed by atoms with Gasteiger partial charge in [-0.25, -0.2) is 0 Å². The molecule has 0 unspecified atom stereocenters. The monoisotopic (exact) mass is 326 g/mol. The highest BCUT2D eigenvalue weighted by molar-refractivity contribution is 6.11. The van der Waals surface area contributed by atoms with E-state index >= 15 is 0 Å². The number of hydrogen-bond acceptors (Lipinski definition) is 4. The predicted octanol–water partition coefficient (Wildman–Crippen LogP) is 3.60. The molecule has 0 aliphatic heterocycles. The molecule has 120 valence electrons. The summed E-state index contributed by atoms with van der Waals surface area (Å²) in [6, 6.07) is 15.0. The Morgan fingerprint density at radius 2 is 1.68 bits per heavy atom. The van der Waals surface area contributed by atoms with Crippen molar-refractivity contribution in [3.8, 4) is 6.07 Å². The van der Waals surface area contributed by atoms with Gasteiger partial charge in [0.05, 0.1) is 16.9 Å². The summed E-state index contributed by atoms with van der Waals surface area (Å²) in [5, 5.41) is 19.6. The first-order valence-electron chi connectivity index (χ1n) is 7.89. The number of carbonyl (C=O) groups excluding carboxylic acids is 1. The van der Waals surface area contributed by atoms with Crippen LogP contribution in [0.3, 0.4) is 0 Å². The second kappa shape index (κ2) is 5.53. The van der Waals surface area contributed by atoms with Gasteiger partial charge in [0.2, 0.25) is 0 Å². The topological polar surface area (TPSA) is 71.1 Å². The number of nitriles is 1. The van der Waals surface area contributed by atoms with E-state index < -0.39 is 0 Å². The fraction of sp³-hybridized carbons (Fsp3) is 0.100. The molecule has 1 aromatic carbocycles. The third-order valence-electron chi connectivity index (χ3n) is 4.42. The van der Waals surface area contributed by atoms with Crippen molar-refractivity contribution in [2.24, 2.45) is 0 Å². The molecular formula is C20H14N4O. The van der Waals surface area contributed by atoms with E-state index in [-0.39, 0.29) is 5.78 Å². The van der Waals surface area contributed by atoms with Crippen LogP contribution in [0.4, 0.5) is 0 Å². The molecule has 0 radical (unpaired) electrons. The number of ketones is 1. The van der Waals surface area contributed by atoms with Crippen LogP contribution in [-0.2, 0) is 0 Å². The summed E-state index contributed by atoms with van der Waals surface area (Å²) in [4.78, 5) is 12.8. The van der Waals surface area contributed by atoms with Crippen molar-refractivity contribution in [2.75, 3.05) is 0 Å². The molecule has 0 aliphatic rings. The van der Waals surface area contributed by atoms with Crippen LogP contribution in [-0.4, -0.2) is 20.4 Å². The Labute approximate surface area is 144 Å². The van der Waals surface area contributed by atoms with Crippen molar-refractivity contribution in [1.82, 2.24) is 14.6 Å². The van der Waals surface area contributed by atoms with Crippen molar-refractivity contribution in [2.45, 2.75) is 13.8 Å². The normalized spacial score (nSPS) is 10.9. The van der Waals surface area contributed by atoms with E-state index in [1.807, 2.05) is 38.1 Å². The first-order chi connectivity index (χ1) is 12.1. The number of pyridine rings is 1. The summed E-state index contributed by atoms with van der Waals surface area (Å²) in [5.41, 5.74) is 3.97. The van der Waals surface area contributed by atoms with Crippen LogP contribution in [0.5, 0.6) is 0 Å². The Balaban J connectivity index is 2.04. The van der Waals surface area contributed by atoms with Crippen molar-refractivity contribution < 1.29 is 4.79 Å². The van der Waals surface area contributed by atoms with Gasteiger partial charge in [0.15, 0.2) is 5.78 Å². The molecule has 0 fully saturated rings. The molecule has 0 N–H and O–H groups in total. The zero-order valence-corrected chi connectivity index (χ0v) is 13.8. The molecular weight excluding hydrogens is 312 g/mol. The Bertz CT molecular complexity index is 1180. The molecule has 5 nitrogen and oxygen atoms in total. The Kier molecular flexibility index (Phi) is 3.33. The standard InChI is InChI=1S/C20H14N4O/c1-12-18-16-10-15(20(25)14-6-4-3-5-7-14)8-9-24(16)17(11-21)19(18)13(2)23-22-12/h3-10H,1-2H3. The van der Waals surface area contributed by atoms with Gasteiger partial charge in [-0.1, -0.05) is 30.3 Å². The first-order valence-corrected chi connectivity index (χ1v) is 7.89. The maximum atomic E-state index is 12.8. The Morgan fingerprint density at radius 1 is 1.00 bits per heavy atom. The summed E-state index contributed by atoms with van der Waals surface area (Å²) in [7, 11) is 0. The molecule has 0 atom stereocenters. The van der Waals surface area contributed by atoms with E-state index in [9.17, 15) is 10.1 Å². The molecule has 0 amide bonds. The third kappa shape index (κ3) is 2.19. The zero-order chi connectivity index (χ0) is 17.6. The van der Waals surface area contributed by atoms with Crippen LogP contribution >= 0.6 is 0 Å². The van der Waals surface area contributed by atoms with Crippen LogP contribution in [0, 0.1) is 25.2 Å². The summed E-state index contributed by atoms with van der Waals surface area (Å²) < 4.78 is 1.80. The second-order valence-corrected chi connectivity index (χ2v) is 5.95. The van der Waals surface area contributed by atoms with Gasteiger partial charge in [-0.2, -0.15) is 15.5 Å². The molecule has 0 spiro atoms. The van der Waals surface area contributed by atoms with Crippen LogP contribution in [0.1, 0.15) is 33.0 Å². The highest BCUT2D eigenvalue weighted by atomic mass is 16.1. The number of carbonyl (C=O) groups is 1. The van der Waals surface area contributed by atoms with Crippen LogP contribution in [0.25, 0.3) is 16.3 Å². The molecule has 0 aliphatic carbocycles. The fourth-order valence-electron chi connectivity index (χ4n) is 3.23. The van der Waals surface area contributed by atoms with Gasteiger partial charge in [-0.15, -0.1) is 0 Å². The molecule has 25 heavy (non-hydrogen) atoms. The smallest absolute Gasteiger partial charge is 0.193 e. The summed E-state index contributed by atoms with van der Waals surface area (Å²) in [6.45, 7) is 3.70. The number of rotatable bonds is 2. The number of aromatic nitrogens is 3. The van der Waals surface area contributed by atoms with E-state index in [1.165, 1.54) is 0 Å². The number of fused-ring (bicyclic) bond motifs is 3. The molecule has 4 rings (SSSR count). The number of aryl methyl sites for hydroxylation is 2. The molecule has 4 aromatic rings. The number of hydrogen-bond donors (Lipinski definition) is 0. The maximum Gasteiger partial charge on any atom is 0.193 e. The van der Waals surface area contributed by atoms with E-state index in [4.69, 9.17) is 0 Å². The van der Waals surface area contributed by atoms with Gasteiger partial charge in [0.1, 0.15) is 11.8 Å². The SMILES string of the molecule is Cc1nnc(C)c2c1c(C#N)n1ccc(C(=O)c3ccccc3)cc21. The maximum absolute atomic E-state index is 12.8. The van der Waals surface area contributed by atoms with Crippen LogP contribution < -0.4 is 0 Å². The summed E-state index contributed by atoms with van der Waals surface area (Å²) >= 11 is 0. The summed E-state index contributed by atoms with van der Waals surface area (Å²) in [5.74, 6) is -0.0488. The largest absolute Gasteiger partial charge is 0.307 e. The lowest BCUT2D eigenvalue weighted by Gasteiger charge is -2.03. The van der Waals surface area contributed by atoms with Crippen molar-refractivity contribution in [3.63, 3.8) is 0 Å². The van der Waals surface area contributed by atoms with Crippen LogP contribution in [0.15, 0.2) is 48.7 Å². The predicted molar refractivity (Wildman–Crippen MR) is 94.6 cm³/mol. The Hall–Kier alpha value is -3.52. The van der Waals surface area contributed by atoms with E-state index in [2.05, 4.69) is 16.3 Å². The molecule has 0 saturated heterocycles. The minimum Gasteiger partial charge on any atom is -0.307 e. The van der Waals surface area contributed by atoms with E-state index in [0.717, 1.165) is 22.0 Å². The molecule has 3 heterocycles. The van der Waals surface area contributed by atoms with Gasteiger partial charge in [-0.05, 0) is 26.0 Å². The van der Waals surface area contributed by atoms with Gasteiger partial charge >= 0.3 is 0 Å². The number of benzene rings is 1. The molecule has 0 saturated carbocycles. The lowest BCUT2D eigenvalue weighted by molar-refractivity contribution is 0.103. The lowest BCUT2D eigenvalue weighted by atomic mass is 10.0. The van der Waals surface area contributed by atoms with Gasteiger partial charge in [0, 0.05) is 28.1 Å². The first kappa shape index (κ1) is 15.0. The van der Waals surface area contributed by atoms with Gasteiger partial charge in [0.25, 0.3) is 0 Å². The fourth-order valence-corrected chi connectivity index (χ4v) is 3.23. The zero-order valence-electron chi connectivity index (χ0n) is 13.8. The second-order valence-electron chi connectivity index (χ2n) is 5.95. The van der Waals surface area contributed by atoms with Gasteiger partial charge < -0.3 is 4.40 Å². The highest BCUT2D eigenvalue weighted by Gasteiger charge is 2.18. The molecule has 3 aromatic heterocycles. The van der Waals surface area contributed by atoms with Gasteiger partial charge in [-0.3, -0.25) is 4.79 Å². The van der Waals surface area contributed by atoms with E-state index in [1.54, 1.807) is 28.8 Å². The molecule has 5 heteroatoms. The average molecular weight is 326 g/mol. The summed E-state index contributed by atoms with van der Waals surface area (Å²) in [6.07, 6.45) is 1.77. The average Bonchev–Trinajstić information content (AvgIpc) is 2.99. The molecule has 0 bridgehead atoms.